The molecule has 3 rings (SSSR count). The van der Waals surface area contributed by atoms with Crippen molar-refractivity contribution in [1.29, 1.82) is 0 Å². The minimum atomic E-state index is -1.66. The number of carbonyl (C=O) groups is 2. The van der Waals surface area contributed by atoms with Gasteiger partial charge in [-0.05, 0) is 29.8 Å². The van der Waals surface area contributed by atoms with Gasteiger partial charge < -0.3 is 19.5 Å². The second kappa shape index (κ2) is 7.33. The fraction of sp³-hybridized carbons (Fsp3) is 0.100. The molecule has 27 heavy (non-hydrogen) atoms. The molecule has 1 aromatic heterocycles. The third-order valence-electron chi connectivity index (χ3n) is 4.11. The van der Waals surface area contributed by atoms with Crippen molar-refractivity contribution in [3.63, 3.8) is 0 Å². The van der Waals surface area contributed by atoms with Gasteiger partial charge in [-0.3, -0.25) is 4.79 Å². The first kappa shape index (κ1) is 18.2. The molecule has 0 spiro atoms. The fourth-order valence-electron chi connectivity index (χ4n) is 2.86. The molecule has 6 nitrogen and oxygen atoms in total. The Bertz CT molecular complexity index is 1050. The topological polar surface area (TPSA) is 88.8 Å². The first-order chi connectivity index (χ1) is 12.9. The van der Waals surface area contributed by atoms with Crippen molar-refractivity contribution < 1.29 is 28.9 Å². The number of aliphatic carboxylic acids is 1. The predicted molar refractivity (Wildman–Crippen MR) is 97.2 cm³/mol. The normalized spacial score (nSPS) is 11.6. The highest BCUT2D eigenvalue weighted by molar-refractivity contribution is 6.38. The number of ether oxygens (including phenoxy) is 1. The average Bonchev–Trinajstić information content (AvgIpc) is 3.02. The number of halogens is 1. The maximum Gasteiger partial charge on any atom is 0.376 e. The third kappa shape index (κ3) is 3.67. The molecule has 0 radical (unpaired) electrons. The van der Waals surface area contributed by atoms with Crippen LogP contribution in [0.4, 0.5) is 4.39 Å². The van der Waals surface area contributed by atoms with Gasteiger partial charge in [-0.2, -0.15) is 0 Å². The Morgan fingerprint density at radius 2 is 1.85 bits per heavy atom. The molecule has 0 unspecified atom stereocenters. The van der Waals surface area contributed by atoms with Gasteiger partial charge in [0.15, 0.2) is 0 Å². The molecule has 0 aliphatic rings. The maximum absolute atomic E-state index is 13.1. The van der Waals surface area contributed by atoms with Crippen LogP contribution in [0.3, 0.4) is 0 Å². The molecular weight excluding hydrogens is 353 g/mol. The Labute approximate surface area is 153 Å². The van der Waals surface area contributed by atoms with Crippen LogP contribution in [-0.2, 0) is 16.1 Å². The molecule has 0 bridgehead atoms. The van der Waals surface area contributed by atoms with E-state index < -0.39 is 17.5 Å². The van der Waals surface area contributed by atoms with E-state index in [0.717, 1.165) is 5.56 Å². The summed E-state index contributed by atoms with van der Waals surface area (Å²) in [5.41, 5.74) is 1.79. The van der Waals surface area contributed by atoms with Crippen molar-refractivity contribution in [1.82, 2.24) is 4.57 Å². The zero-order valence-corrected chi connectivity index (χ0v) is 14.3. The van der Waals surface area contributed by atoms with Crippen LogP contribution >= 0.6 is 0 Å². The lowest BCUT2D eigenvalue weighted by Gasteiger charge is -2.07. The minimum Gasteiger partial charge on any atom is -0.507 e. The van der Waals surface area contributed by atoms with Crippen LogP contribution < -0.4 is 4.74 Å². The lowest BCUT2D eigenvalue weighted by molar-refractivity contribution is -0.146. The van der Waals surface area contributed by atoms with E-state index in [9.17, 15) is 19.1 Å². The van der Waals surface area contributed by atoms with Gasteiger partial charge in [-0.25, -0.2) is 9.18 Å². The van der Waals surface area contributed by atoms with Crippen molar-refractivity contribution in [2.75, 3.05) is 7.11 Å². The van der Waals surface area contributed by atoms with Crippen LogP contribution in [0, 0.1) is 5.82 Å². The zero-order valence-electron chi connectivity index (χ0n) is 14.3. The lowest BCUT2D eigenvalue weighted by Crippen LogP contribution is -2.09. The van der Waals surface area contributed by atoms with Gasteiger partial charge in [0.2, 0.25) is 0 Å². The smallest absolute Gasteiger partial charge is 0.376 e. The van der Waals surface area contributed by atoms with Crippen molar-refractivity contribution >= 4 is 28.4 Å². The standard InChI is InChI=1S/C20H16FNO5/c1-27-18-4-2-3-15-19(18)14(16(23)9-17(24)20(25)26)11-22(15)10-12-5-7-13(21)8-6-12/h2-9,11,23H,10H2,1H3,(H,25,26)/b16-9+. The van der Waals surface area contributed by atoms with Gasteiger partial charge in [0.05, 0.1) is 18.0 Å². The Morgan fingerprint density at radius 3 is 2.48 bits per heavy atom. The van der Waals surface area contributed by atoms with Gasteiger partial charge in [0, 0.05) is 24.4 Å². The van der Waals surface area contributed by atoms with Crippen LogP contribution in [0.25, 0.3) is 16.7 Å². The summed E-state index contributed by atoms with van der Waals surface area (Å²) >= 11 is 0. The number of carboxylic acid groups (broad SMARTS) is 1. The van der Waals surface area contributed by atoms with Crippen molar-refractivity contribution in [3.05, 3.63) is 71.7 Å². The van der Waals surface area contributed by atoms with Crippen molar-refractivity contribution in [3.8, 4) is 5.75 Å². The number of aliphatic hydroxyl groups excluding tert-OH is 1. The summed E-state index contributed by atoms with van der Waals surface area (Å²) < 4.78 is 20.3. The van der Waals surface area contributed by atoms with E-state index in [1.807, 2.05) is 0 Å². The number of rotatable bonds is 6. The molecular formula is C20H16FNO5. The number of carboxylic acids is 1. The molecule has 1 heterocycles. The van der Waals surface area contributed by atoms with Crippen LogP contribution in [0.15, 0.2) is 54.7 Å². The Hall–Kier alpha value is -3.61. The van der Waals surface area contributed by atoms with Crippen LogP contribution in [-0.4, -0.2) is 33.6 Å². The summed E-state index contributed by atoms with van der Waals surface area (Å²) in [5, 5.41) is 19.6. The Morgan fingerprint density at radius 1 is 1.15 bits per heavy atom. The van der Waals surface area contributed by atoms with E-state index in [-0.39, 0.29) is 11.4 Å². The molecule has 2 aromatic carbocycles. The quantitative estimate of drug-likeness (QED) is 0.395. The molecule has 0 aliphatic heterocycles. The van der Waals surface area contributed by atoms with E-state index in [1.165, 1.54) is 19.2 Å². The van der Waals surface area contributed by atoms with E-state index >= 15 is 0 Å². The number of aliphatic hydroxyl groups is 1. The van der Waals surface area contributed by atoms with Crippen LogP contribution in [0.2, 0.25) is 0 Å². The molecule has 0 fully saturated rings. The summed E-state index contributed by atoms with van der Waals surface area (Å²) in [4.78, 5) is 22.2. The first-order valence-electron chi connectivity index (χ1n) is 7.99. The maximum atomic E-state index is 13.1. The van der Waals surface area contributed by atoms with E-state index in [4.69, 9.17) is 9.84 Å². The Balaban J connectivity index is 2.14. The highest BCUT2D eigenvalue weighted by Gasteiger charge is 2.18. The number of hydrogen-bond acceptors (Lipinski definition) is 4. The number of nitrogens with zero attached hydrogens (tertiary/aromatic N) is 1. The second-order valence-electron chi connectivity index (χ2n) is 5.85. The highest BCUT2D eigenvalue weighted by Crippen LogP contribution is 2.34. The van der Waals surface area contributed by atoms with Gasteiger partial charge in [-0.1, -0.05) is 18.2 Å². The SMILES string of the molecule is COc1cccc2c1c(/C(O)=C\C(=O)C(=O)O)cn2Cc1ccc(F)cc1. The number of ketones is 1. The molecule has 3 aromatic rings. The third-order valence-corrected chi connectivity index (χ3v) is 4.11. The summed E-state index contributed by atoms with van der Waals surface area (Å²) in [7, 11) is 1.47. The number of carbonyl (C=O) groups excluding carboxylic acids is 1. The fourth-order valence-corrected chi connectivity index (χ4v) is 2.86. The molecule has 0 aliphatic carbocycles. The van der Waals surface area contributed by atoms with Crippen LogP contribution in [0.5, 0.6) is 5.75 Å². The number of hydrogen-bond donors (Lipinski definition) is 2. The van der Waals surface area contributed by atoms with Gasteiger partial charge in [0.1, 0.15) is 17.3 Å². The van der Waals surface area contributed by atoms with Crippen molar-refractivity contribution in [2.24, 2.45) is 0 Å². The van der Waals surface area contributed by atoms with Gasteiger partial charge in [0.25, 0.3) is 5.78 Å². The molecule has 0 saturated heterocycles. The monoisotopic (exact) mass is 369 g/mol. The first-order valence-corrected chi connectivity index (χ1v) is 7.99. The lowest BCUT2D eigenvalue weighted by atomic mass is 10.1. The minimum absolute atomic E-state index is 0.263. The zero-order chi connectivity index (χ0) is 19.6. The van der Waals surface area contributed by atoms with Gasteiger partial charge >= 0.3 is 5.97 Å². The van der Waals surface area contributed by atoms with Crippen molar-refractivity contribution in [2.45, 2.75) is 6.54 Å². The molecule has 7 heteroatoms. The molecule has 0 atom stereocenters. The summed E-state index contributed by atoms with van der Waals surface area (Å²) in [5.74, 6) is -3.26. The van der Waals surface area contributed by atoms with E-state index in [1.54, 1.807) is 41.1 Å². The summed E-state index contributed by atoms with van der Waals surface area (Å²) in [6, 6.07) is 11.3. The second-order valence-corrected chi connectivity index (χ2v) is 5.85. The van der Waals surface area contributed by atoms with Crippen LogP contribution in [0.1, 0.15) is 11.1 Å². The highest BCUT2D eigenvalue weighted by atomic mass is 19.1. The summed E-state index contributed by atoms with van der Waals surface area (Å²) in [6.07, 6.45) is 2.25. The van der Waals surface area contributed by atoms with Gasteiger partial charge in [-0.15, -0.1) is 0 Å². The predicted octanol–water partition coefficient (Wildman–Crippen LogP) is 3.39. The average molecular weight is 369 g/mol. The number of fused-ring (bicyclic) bond motifs is 1. The molecule has 0 amide bonds. The number of methoxy groups -OCH3 is 1. The molecule has 138 valence electrons. The molecule has 0 saturated carbocycles. The summed E-state index contributed by atoms with van der Waals surface area (Å²) in [6.45, 7) is 0.379. The molecule has 2 N–H and O–H groups in total. The van der Waals surface area contributed by atoms with E-state index in [2.05, 4.69) is 0 Å². The number of aromatic nitrogens is 1. The largest absolute Gasteiger partial charge is 0.507 e. The number of benzene rings is 2. The van der Waals surface area contributed by atoms with E-state index in [0.29, 0.717) is 29.3 Å². The Kier molecular flexibility index (Phi) is 4.94.